The van der Waals surface area contributed by atoms with Crippen LogP contribution in [0.15, 0.2) is 4.52 Å². The van der Waals surface area contributed by atoms with Crippen molar-refractivity contribution in [3.63, 3.8) is 0 Å². The highest BCUT2D eigenvalue weighted by Crippen LogP contribution is 2.38. The molecule has 2 rings (SSSR count). The summed E-state index contributed by atoms with van der Waals surface area (Å²) in [5.41, 5.74) is 0. The summed E-state index contributed by atoms with van der Waals surface area (Å²) in [6, 6.07) is 0. The second-order valence-corrected chi connectivity index (χ2v) is 3.75. The third kappa shape index (κ3) is 1.33. The van der Waals surface area contributed by atoms with Crippen LogP contribution in [0.3, 0.4) is 0 Å². The van der Waals surface area contributed by atoms with E-state index in [0.29, 0.717) is 17.7 Å². The topological polar surface area (TPSA) is 38.9 Å². The van der Waals surface area contributed by atoms with Crippen molar-refractivity contribution in [2.24, 2.45) is 5.92 Å². The fourth-order valence-electron chi connectivity index (χ4n) is 1.88. The van der Waals surface area contributed by atoms with Crippen LogP contribution in [0.2, 0.25) is 5.28 Å². The Kier molecular flexibility index (Phi) is 2.05. The summed E-state index contributed by atoms with van der Waals surface area (Å²) >= 11 is 5.57. The first kappa shape index (κ1) is 8.05. The molecule has 4 heteroatoms. The summed E-state index contributed by atoms with van der Waals surface area (Å²) < 4.78 is 5.03. The lowest BCUT2D eigenvalue weighted by Crippen LogP contribution is -2.01. The molecule has 1 fully saturated rings. The molecule has 1 heterocycles. The zero-order valence-corrected chi connectivity index (χ0v) is 7.71. The Hall–Kier alpha value is -0.570. The highest BCUT2D eigenvalue weighted by molar-refractivity contribution is 6.28. The molecule has 2 atom stereocenters. The summed E-state index contributed by atoms with van der Waals surface area (Å²) in [5.74, 6) is 1.80. The van der Waals surface area contributed by atoms with Crippen LogP contribution in [0.1, 0.15) is 38.0 Å². The predicted octanol–water partition coefficient (Wildman–Crippen LogP) is 2.63. The molecule has 1 aliphatic carbocycles. The molecule has 0 N–H and O–H groups in total. The summed E-state index contributed by atoms with van der Waals surface area (Å²) in [4.78, 5) is 4.03. The molecule has 1 aromatic heterocycles. The maximum Gasteiger partial charge on any atom is 0.263 e. The third-order valence-corrected chi connectivity index (χ3v) is 2.75. The molecule has 0 bridgehead atoms. The Morgan fingerprint density at radius 2 is 2.33 bits per heavy atom. The van der Waals surface area contributed by atoms with Crippen LogP contribution in [0.25, 0.3) is 0 Å². The van der Waals surface area contributed by atoms with Crippen LogP contribution in [0.4, 0.5) is 0 Å². The van der Waals surface area contributed by atoms with Crippen molar-refractivity contribution in [2.45, 2.75) is 32.1 Å². The number of hydrogen-bond acceptors (Lipinski definition) is 3. The van der Waals surface area contributed by atoms with E-state index in [4.69, 9.17) is 16.1 Å². The van der Waals surface area contributed by atoms with Crippen molar-refractivity contribution < 1.29 is 4.52 Å². The SMILES string of the molecule is CC1CCCC1c1nc(Cl)no1. The Morgan fingerprint density at radius 3 is 2.83 bits per heavy atom. The molecule has 66 valence electrons. The smallest absolute Gasteiger partial charge is 0.263 e. The van der Waals surface area contributed by atoms with E-state index in [2.05, 4.69) is 17.1 Å². The molecule has 2 unspecified atom stereocenters. The van der Waals surface area contributed by atoms with Gasteiger partial charge < -0.3 is 4.52 Å². The molecular weight excluding hydrogens is 176 g/mol. The standard InChI is InChI=1S/C8H11ClN2O/c1-5-3-2-4-6(5)7-10-8(9)11-12-7/h5-6H,2-4H2,1H3. The molecule has 3 nitrogen and oxygen atoms in total. The van der Waals surface area contributed by atoms with E-state index in [1.165, 1.54) is 12.8 Å². The first-order valence-corrected chi connectivity index (χ1v) is 4.64. The zero-order chi connectivity index (χ0) is 8.55. The van der Waals surface area contributed by atoms with Gasteiger partial charge in [-0.25, -0.2) is 0 Å². The minimum absolute atomic E-state index is 0.226. The molecule has 0 saturated heterocycles. The normalized spacial score (nSPS) is 29.5. The predicted molar refractivity (Wildman–Crippen MR) is 45.1 cm³/mol. The third-order valence-electron chi connectivity index (χ3n) is 2.60. The molecule has 0 aliphatic heterocycles. The Balaban J connectivity index is 2.19. The number of rotatable bonds is 1. The van der Waals surface area contributed by atoms with Gasteiger partial charge in [-0.3, -0.25) is 0 Å². The lowest BCUT2D eigenvalue weighted by Gasteiger charge is -2.08. The molecule has 1 saturated carbocycles. The minimum atomic E-state index is 0.226. The van der Waals surface area contributed by atoms with E-state index < -0.39 is 0 Å². The highest BCUT2D eigenvalue weighted by atomic mass is 35.5. The number of hydrogen-bond donors (Lipinski definition) is 0. The average molecular weight is 187 g/mol. The van der Waals surface area contributed by atoms with Crippen LogP contribution < -0.4 is 0 Å². The van der Waals surface area contributed by atoms with Gasteiger partial charge in [-0.1, -0.05) is 13.3 Å². The number of aromatic nitrogens is 2. The van der Waals surface area contributed by atoms with Crippen LogP contribution >= 0.6 is 11.6 Å². The average Bonchev–Trinajstić information content (AvgIpc) is 2.58. The molecule has 1 aliphatic rings. The number of nitrogens with zero attached hydrogens (tertiary/aromatic N) is 2. The van der Waals surface area contributed by atoms with E-state index in [0.717, 1.165) is 6.42 Å². The van der Waals surface area contributed by atoms with Gasteiger partial charge in [0.2, 0.25) is 5.89 Å². The maximum atomic E-state index is 5.57. The van der Waals surface area contributed by atoms with Gasteiger partial charge in [-0.15, -0.1) is 0 Å². The number of halogens is 1. The second-order valence-electron chi connectivity index (χ2n) is 3.42. The summed E-state index contributed by atoms with van der Waals surface area (Å²) in [6.07, 6.45) is 3.66. The Labute approximate surface area is 76.1 Å². The van der Waals surface area contributed by atoms with Crippen molar-refractivity contribution in [3.8, 4) is 0 Å². The van der Waals surface area contributed by atoms with Crippen LogP contribution in [0.5, 0.6) is 0 Å². The molecule has 0 radical (unpaired) electrons. The van der Waals surface area contributed by atoms with Gasteiger partial charge in [0.1, 0.15) is 0 Å². The first-order valence-electron chi connectivity index (χ1n) is 4.26. The van der Waals surface area contributed by atoms with Crippen molar-refractivity contribution in [2.75, 3.05) is 0 Å². The monoisotopic (exact) mass is 186 g/mol. The molecule has 12 heavy (non-hydrogen) atoms. The Morgan fingerprint density at radius 1 is 1.50 bits per heavy atom. The molecule has 0 aromatic carbocycles. The highest BCUT2D eigenvalue weighted by Gasteiger charge is 2.29. The van der Waals surface area contributed by atoms with Crippen molar-refractivity contribution in [1.29, 1.82) is 0 Å². The van der Waals surface area contributed by atoms with Gasteiger partial charge in [0.25, 0.3) is 5.28 Å². The van der Waals surface area contributed by atoms with Crippen molar-refractivity contribution >= 4 is 11.6 Å². The van der Waals surface area contributed by atoms with Crippen LogP contribution in [-0.4, -0.2) is 10.1 Å². The maximum absolute atomic E-state index is 5.57. The van der Waals surface area contributed by atoms with Crippen molar-refractivity contribution in [1.82, 2.24) is 10.1 Å². The lowest BCUT2D eigenvalue weighted by atomic mass is 9.98. The van der Waals surface area contributed by atoms with E-state index in [1.54, 1.807) is 0 Å². The van der Waals surface area contributed by atoms with Crippen LogP contribution in [0, 0.1) is 5.92 Å². The van der Waals surface area contributed by atoms with E-state index in [1.807, 2.05) is 0 Å². The van der Waals surface area contributed by atoms with Crippen LogP contribution in [-0.2, 0) is 0 Å². The van der Waals surface area contributed by atoms with Gasteiger partial charge in [-0.2, -0.15) is 4.98 Å². The first-order chi connectivity index (χ1) is 5.77. The second kappa shape index (κ2) is 3.05. The molecule has 0 spiro atoms. The fraction of sp³-hybridized carbons (Fsp3) is 0.750. The summed E-state index contributed by atoms with van der Waals surface area (Å²) in [6.45, 7) is 2.22. The zero-order valence-electron chi connectivity index (χ0n) is 6.96. The van der Waals surface area contributed by atoms with E-state index in [9.17, 15) is 0 Å². The van der Waals surface area contributed by atoms with Gasteiger partial charge >= 0.3 is 0 Å². The quantitative estimate of drug-likeness (QED) is 0.677. The largest absolute Gasteiger partial charge is 0.338 e. The summed E-state index contributed by atoms with van der Waals surface area (Å²) in [5, 5.41) is 3.80. The molecule has 1 aromatic rings. The van der Waals surface area contributed by atoms with Gasteiger partial charge in [0.05, 0.1) is 0 Å². The summed E-state index contributed by atoms with van der Waals surface area (Å²) in [7, 11) is 0. The Bertz CT molecular complexity index is 274. The van der Waals surface area contributed by atoms with Gasteiger partial charge in [0.15, 0.2) is 0 Å². The minimum Gasteiger partial charge on any atom is -0.338 e. The van der Waals surface area contributed by atoms with Gasteiger partial charge in [0, 0.05) is 5.92 Å². The fourth-order valence-corrected chi connectivity index (χ4v) is 2.00. The molecular formula is C8H11ClN2O. The lowest BCUT2D eigenvalue weighted by molar-refractivity contribution is 0.330. The van der Waals surface area contributed by atoms with Gasteiger partial charge in [-0.05, 0) is 35.5 Å². The van der Waals surface area contributed by atoms with E-state index >= 15 is 0 Å². The van der Waals surface area contributed by atoms with E-state index in [-0.39, 0.29) is 5.28 Å². The molecule has 0 amide bonds. The van der Waals surface area contributed by atoms with Crippen molar-refractivity contribution in [3.05, 3.63) is 11.2 Å².